The second-order valence-corrected chi connectivity index (χ2v) is 9.22. The molecule has 4 heteroatoms. The van der Waals surface area contributed by atoms with Crippen LogP contribution in [-0.2, 0) is 6.54 Å². The molecular weight excluding hydrogens is 408 g/mol. The first-order valence-corrected chi connectivity index (χ1v) is 12.1. The molecule has 0 aliphatic carbocycles. The van der Waals surface area contributed by atoms with E-state index < -0.39 is 0 Å². The highest BCUT2D eigenvalue weighted by Crippen LogP contribution is 2.42. The second kappa shape index (κ2) is 9.98. The second-order valence-electron chi connectivity index (χ2n) is 9.22. The highest BCUT2D eigenvalue weighted by molar-refractivity contribution is 5.46. The molecule has 4 nitrogen and oxygen atoms in total. The Hall–Kier alpha value is -2.82. The predicted molar refractivity (Wildman–Crippen MR) is 133 cm³/mol. The van der Waals surface area contributed by atoms with Crippen molar-refractivity contribution in [2.24, 2.45) is 5.92 Å². The Labute approximate surface area is 197 Å². The molecule has 2 atom stereocenters. The molecule has 3 fully saturated rings. The van der Waals surface area contributed by atoms with Gasteiger partial charge in [-0.3, -0.25) is 4.90 Å². The summed E-state index contributed by atoms with van der Waals surface area (Å²) in [6.07, 6.45) is 2.53. The first-order chi connectivity index (χ1) is 16.3. The molecular formula is C29H34N2O2. The van der Waals surface area contributed by atoms with Gasteiger partial charge in [0, 0.05) is 30.1 Å². The number of fused-ring (bicyclic) bond motifs is 3. The average Bonchev–Trinajstić information content (AvgIpc) is 2.89. The van der Waals surface area contributed by atoms with Crippen molar-refractivity contribution in [1.29, 1.82) is 0 Å². The van der Waals surface area contributed by atoms with Crippen LogP contribution in [-0.4, -0.2) is 44.3 Å². The maximum absolute atomic E-state index is 5.71. The van der Waals surface area contributed by atoms with Crippen molar-refractivity contribution in [2.75, 3.05) is 27.3 Å². The van der Waals surface area contributed by atoms with Crippen LogP contribution in [0.4, 0.5) is 0 Å². The fraction of sp³-hybridized carbons (Fsp3) is 0.379. The Morgan fingerprint density at radius 1 is 0.818 bits per heavy atom. The van der Waals surface area contributed by atoms with Crippen LogP contribution in [0.2, 0.25) is 0 Å². The van der Waals surface area contributed by atoms with Gasteiger partial charge in [0.25, 0.3) is 0 Å². The molecule has 3 aromatic rings. The van der Waals surface area contributed by atoms with E-state index in [0.29, 0.717) is 23.9 Å². The lowest BCUT2D eigenvalue weighted by molar-refractivity contribution is 0.00461. The molecule has 6 rings (SSSR count). The minimum Gasteiger partial charge on any atom is -0.493 e. The standard InChI is InChI=1S/C29H34N2O2/c1-32-25-15-9-14-24(29(25)33-2)20-30-27-23-16-18-31(19-17-23)28(27)26(21-10-5-3-6-11-21)22-12-7-4-8-13-22/h3-15,23,26-28,30H,16-20H2,1-2H3/t27-,28+/m1/s1. The number of nitrogens with zero attached hydrogens (tertiary/aromatic N) is 1. The number of piperidine rings is 3. The Kier molecular flexibility index (Phi) is 6.65. The highest BCUT2D eigenvalue weighted by Gasteiger charge is 2.46. The fourth-order valence-corrected chi connectivity index (χ4v) is 6.02. The molecule has 0 radical (unpaired) electrons. The zero-order chi connectivity index (χ0) is 22.6. The van der Waals surface area contributed by atoms with Gasteiger partial charge in [-0.1, -0.05) is 72.8 Å². The smallest absolute Gasteiger partial charge is 0.165 e. The molecule has 0 spiro atoms. The van der Waals surface area contributed by atoms with E-state index in [1.54, 1.807) is 14.2 Å². The normalized spacial score (nSPS) is 24.1. The lowest BCUT2D eigenvalue weighted by atomic mass is 9.70. The van der Waals surface area contributed by atoms with Gasteiger partial charge in [0.2, 0.25) is 0 Å². The molecule has 0 saturated carbocycles. The summed E-state index contributed by atoms with van der Waals surface area (Å²) in [5.74, 6) is 2.63. The summed E-state index contributed by atoms with van der Waals surface area (Å²) in [5, 5.41) is 3.99. The highest BCUT2D eigenvalue weighted by atomic mass is 16.5. The minimum atomic E-state index is 0.334. The summed E-state index contributed by atoms with van der Waals surface area (Å²) in [6, 6.07) is 29.1. The number of benzene rings is 3. The number of nitrogens with one attached hydrogen (secondary N) is 1. The maximum atomic E-state index is 5.71. The van der Waals surface area contributed by atoms with E-state index in [1.165, 1.54) is 37.1 Å². The van der Waals surface area contributed by atoms with Crippen LogP contribution < -0.4 is 14.8 Å². The van der Waals surface area contributed by atoms with Crippen molar-refractivity contribution in [3.63, 3.8) is 0 Å². The van der Waals surface area contributed by atoms with Gasteiger partial charge in [0.15, 0.2) is 11.5 Å². The third kappa shape index (κ3) is 4.38. The van der Waals surface area contributed by atoms with Crippen LogP contribution in [0.1, 0.15) is 35.4 Å². The van der Waals surface area contributed by atoms with Gasteiger partial charge in [-0.15, -0.1) is 0 Å². The molecule has 33 heavy (non-hydrogen) atoms. The zero-order valence-electron chi connectivity index (χ0n) is 19.6. The quantitative estimate of drug-likeness (QED) is 0.527. The number of hydrogen-bond acceptors (Lipinski definition) is 4. The lowest BCUT2D eigenvalue weighted by Crippen LogP contribution is -2.64. The maximum Gasteiger partial charge on any atom is 0.165 e. The van der Waals surface area contributed by atoms with Crippen molar-refractivity contribution >= 4 is 0 Å². The van der Waals surface area contributed by atoms with Gasteiger partial charge in [0.05, 0.1) is 14.2 Å². The summed E-state index contributed by atoms with van der Waals surface area (Å²) in [6.45, 7) is 3.14. The van der Waals surface area contributed by atoms with Gasteiger partial charge in [-0.25, -0.2) is 0 Å². The Morgan fingerprint density at radius 2 is 1.45 bits per heavy atom. The van der Waals surface area contributed by atoms with E-state index in [0.717, 1.165) is 23.6 Å². The van der Waals surface area contributed by atoms with Gasteiger partial charge in [-0.2, -0.15) is 0 Å². The SMILES string of the molecule is COc1cccc(CN[C@@H]2C3CCN(CC3)[C@H]2C(c2ccccc2)c2ccccc2)c1OC. The Balaban J connectivity index is 1.49. The third-order valence-corrected chi connectivity index (χ3v) is 7.54. The molecule has 0 amide bonds. The Bertz CT molecular complexity index is 993. The summed E-state index contributed by atoms with van der Waals surface area (Å²) in [7, 11) is 3.42. The average molecular weight is 443 g/mol. The first kappa shape index (κ1) is 22.0. The number of para-hydroxylation sites is 1. The van der Waals surface area contributed by atoms with Crippen molar-refractivity contribution in [2.45, 2.75) is 37.4 Å². The summed E-state index contributed by atoms with van der Waals surface area (Å²) in [5.41, 5.74) is 3.93. The number of ether oxygens (including phenoxy) is 2. The molecule has 0 unspecified atom stereocenters. The van der Waals surface area contributed by atoms with Crippen molar-refractivity contribution < 1.29 is 9.47 Å². The monoisotopic (exact) mass is 442 g/mol. The molecule has 3 aliphatic heterocycles. The topological polar surface area (TPSA) is 33.7 Å². The molecule has 1 N–H and O–H groups in total. The van der Waals surface area contributed by atoms with Crippen LogP contribution >= 0.6 is 0 Å². The largest absolute Gasteiger partial charge is 0.493 e. The van der Waals surface area contributed by atoms with E-state index in [9.17, 15) is 0 Å². The third-order valence-electron chi connectivity index (χ3n) is 7.54. The van der Waals surface area contributed by atoms with E-state index in [1.807, 2.05) is 12.1 Å². The molecule has 3 aromatic carbocycles. The molecule has 2 bridgehead atoms. The predicted octanol–water partition coefficient (Wildman–Crippen LogP) is 5.09. The van der Waals surface area contributed by atoms with Crippen molar-refractivity contribution in [1.82, 2.24) is 10.2 Å². The van der Waals surface area contributed by atoms with Crippen LogP contribution in [0.3, 0.4) is 0 Å². The van der Waals surface area contributed by atoms with Gasteiger partial charge in [0.1, 0.15) is 0 Å². The first-order valence-electron chi connectivity index (χ1n) is 12.1. The summed E-state index contributed by atoms with van der Waals surface area (Å²) < 4.78 is 11.2. The van der Waals surface area contributed by atoms with E-state index >= 15 is 0 Å². The van der Waals surface area contributed by atoms with E-state index in [-0.39, 0.29) is 0 Å². The van der Waals surface area contributed by atoms with Gasteiger partial charge in [-0.05, 0) is 49.0 Å². The molecule has 0 aromatic heterocycles. The minimum absolute atomic E-state index is 0.334. The van der Waals surface area contributed by atoms with Crippen LogP contribution in [0, 0.1) is 5.92 Å². The van der Waals surface area contributed by atoms with Gasteiger partial charge >= 0.3 is 0 Å². The summed E-state index contributed by atoms with van der Waals surface area (Å²) >= 11 is 0. The van der Waals surface area contributed by atoms with Crippen LogP contribution in [0.15, 0.2) is 78.9 Å². The van der Waals surface area contributed by atoms with Crippen LogP contribution in [0.25, 0.3) is 0 Å². The molecule has 3 saturated heterocycles. The van der Waals surface area contributed by atoms with Crippen LogP contribution in [0.5, 0.6) is 11.5 Å². The van der Waals surface area contributed by atoms with E-state index in [4.69, 9.17) is 9.47 Å². The number of methoxy groups -OCH3 is 2. The van der Waals surface area contributed by atoms with Gasteiger partial charge < -0.3 is 14.8 Å². The fourth-order valence-electron chi connectivity index (χ4n) is 6.02. The van der Waals surface area contributed by atoms with Crippen molar-refractivity contribution in [3.05, 3.63) is 95.6 Å². The number of rotatable bonds is 8. The lowest BCUT2D eigenvalue weighted by Gasteiger charge is -2.54. The molecule has 3 heterocycles. The molecule has 172 valence electrons. The van der Waals surface area contributed by atoms with Crippen molar-refractivity contribution in [3.8, 4) is 11.5 Å². The number of hydrogen-bond donors (Lipinski definition) is 1. The molecule has 3 aliphatic rings. The van der Waals surface area contributed by atoms with E-state index in [2.05, 4.69) is 76.9 Å². The zero-order valence-corrected chi connectivity index (χ0v) is 19.6. The summed E-state index contributed by atoms with van der Waals surface area (Å²) in [4.78, 5) is 2.73. The Morgan fingerprint density at radius 3 is 2.03 bits per heavy atom.